The standard InChI is InChI=1S/C25H31N5O3S/c1-32-21-11-9-20(10-12-21)30-24(19-7-6-8-22(17-19)33-2)27-28-25(30)34-18-23(31)26-13-16-29-14-4-3-5-15-29/h6-12,17H,3-5,13-16,18H2,1-2H3,(H,26,31). The molecule has 4 rings (SSSR count). The molecule has 1 aliphatic rings. The number of methoxy groups -OCH3 is 2. The fourth-order valence-electron chi connectivity index (χ4n) is 3.99. The van der Waals surface area contributed by atoms with Crippen molar-refractivity contribution in [3.05, 3.63) is 48.5 Å². The van der Waals surface area contributed by atoms with Gasteiger partial charge in [0.25, 0.3) is 0 Å². The Bertz CT molecular complexity index is 1080. The van der Waals surface area contributed by atoms with Gasteiger partial charge in [0.05, 0.1) is 20.0 Å². The molecule has 9 heteroatoms. The zero-order chi connectivity index (χ0) is 23.8. The summed E-state index contributed by atoms with van der Waals surface area (Å²) in [5.41, 5.74) is 1.76. The van der Waals surface area contributed by atoms with Gasteiger partial charge in [-0.05, 0) is 62.3 Å². The summed E-state index contributed by atoms with van der Waals surface area (Å²) in [6.45, 7) is 3.82. The molecular weight excluding hydrogens is 450 g/mol. The molecule has 34 heavy (non-hydrogen) atoms. The van der Waals surface area contributed by atoms with Crippen molar-refractivity contribution in [1.29, 1.82) is 0 Å². The van der Waals surface area contributed by atoms with Crippen LogP contribution in [0.15, 0.2) is 53.7 Å². The third kappa shape index (κ3) is 6.09. The van der Waals surface area contributed by atoms with Gasteiger partial charge in [0.1, 0.15) is 11.5 Å². The van der Waals surface area contributed by atoms with E-state index in [1.807, 2.05) is 53.1 Å². The Morgan fingerprint density at radius 2 is 1.76 bits per heavy atom. The number of carbonyl (C=O) groups is 1. The zero-order valence-corrected chi connectivity index (χ0v) is 20.5. The van der Waals surface area contributed by atoms with Crippen LogP contribution in [0.2, 0.25) is 0 Å². The van der Waals surface area contributed by atoms with Gasteiger partial charge in [-0.3, -0.25) is 9.36 Å². The number of ether oxygens (including phenoxy) is 2. The van der Waals surface area contributed by atoms with Crippen LogP contribution in [-0.2, 0) is 4.79 Å². The smallest absolute Gasteiger partial charge is 0.230 e. The van der Waals surface area contributed by atoms with Crippen molar-refractivity contribution in [2.24, 2.45) is 0 Å². The number of hydrogen-bond acceptors (Lipinski definition) is 7. The summed E-state index contributed by atoms with van der Waals surface area (Å²) in [6.07, 6.45) is 3.81. The van der Waals surface area contributed by atoms with E-state index < -0.39 is 0 Å². The Labute approximate surface area is 204 Å². The highest BCUT2D eigenvalue weighted by molar-refractivity contribution is 7.99. The first-order valence-electron chi connectivity index (χ1n) is 11.5. The molecule has 1 aliphatic heterocycles. The number of piperidine rings is 1. The number of nitrogens with one attached hydrogen (secondary N) is 1. The SMILES string of the molecule is COc1ccc(-n2c(SCC(=O)NCCN3CCCCC3)nnc2-c2cccc(OC)c2)cc1. The number of carbonyl (C=O) groups excluding carboxylic acids is 1. The lowest BCUT2D eigenvalue weighted by molar-refractivity contribution is -0.118. The lowest BCUT2D eigenvalue weighted by Gasteiger charge is -2.26. The van der Waals surface area contributed by atoms with Crippen molar-refractivity contribution in [2.45, 2.75) is 24.4 Å². The van der Waals surface area contributed by atoms with Gasteiger partial charge >= 0.3 is 0 Å². The summed E-state index contributed by atoms with van der Waals surface area (Å²) >= 11 is 1.37. The summed E-state index contributed by atoms with van der Waals surface area (Å²) in [5, 5.41) is 12.5. The summed E-state index contributed by atoms with van der Waals surface area (Å²) in [5.74, 6) is 2.45. The lowest BCUT2D eigenvalue weighted by atomic mass is 10.1. The number of amides is 1. The Morgan fingerprint density at radius 3 is 2.50 bits per heavy atom. The maximum atomic E-state index is 12.5. The van der Waals surface area contributed by atoms with Gasteiger partial charge < -0.3 is 19.7 Å². The molecule has 2 heterocycles. The van der Waals surface area contributed by atoms with Crippen molar-refractivity contribution in [1.82, 2.24) is 25.0 Å². The minimum Gasteiger partial charge on any atom is -0.497 e. The summed E-state index contributed by atoms with van der Waals surface area (Å²) in [6, 6.07) is 15.4. The van der Waals surface area contributed by atoms with E-state index >= 15 is 0 Å². The van der Waals surface area contributed by atoms with Crippen LogP contribution in [0.5, 0.6) is 11.5 Å². The highest BCUT2D eigenvalue weighted by Gasteiger charge is 2.18. The third-order valence-electron chi connectivity index (χ3n) is 5.82. The highest BCUT2D eigenvalue weighted by atomic mass is 32.2. The van der Waals surface area contributed by atoms with Gasteiger partial charge in [0.15, 0.2) is 11.0 Å². The van der Waals surface area contributed by atoms with Crippen LogP contribution in [-0.4, -0.2) is 71.7 Å². The molecule has 1 saturated heterocycles. The zero-order valence-electron chi connectivity index (χ0n) is 19.7. The van der Waals surface area contributed by atoms with E-state index in [9.17, 15) is 4.79 Å². The molecule has 1 amide bonds. The van der Waals surface area contributed by atoms with Gasteiger partial charge in [-0.2, -0.15) is 0 Å². The van der Waals surface area contributed by atoms with E-state index in [1.54, 1.807) is 14.2 Å². The minimum absolute atomic E-state index is 0.00535. The second-order valence-electron chi connectivity index (χ2n) is 8.11. The van der Waals surface area contributed by atoms with Crippen LogP contribution < -0.4 is 14.8 Å². The molecule has 8 nitrogen and oxygen atoms in total. The van der Waals surface area contributed by atoms with Gasteiger partial charge in [-0.25, -0.2) is 0 Å². The lowest BCUT2D eigenvalue weighted by Crippen LogP contribution is -2.38. The van der Waals surface area contributed by atoms with Crippen molar-refractivity contribution in [2.75, 3.05) is 46.2 Å². The molecule has 180 valence electrons. The molecule has 0 unspecified atom stereocenters. The molecular formula is C25H31N5O3S. The number of rotatable bonds is 10. The molecule has 0 bridgehead atoms. The number of aromatic nitrogens is 3. The molecule has 0 saturated carbocycles. The molecule has 2 aromatic carbocycles. The average Bonchev–Trinajstić information content (AvgIpc) is 3.32. The summed E-state index contributed by atoms with van der Waals surface area (Å²) in [7, 11) is 3.28. The van der Waals surface area contributed by atoms with Crippen LogP contribution in [0.3, 0.4) is 0 Å². The molecule has 1 N–H and O–H groups in total. The third-order valence-corrected chi connectivity index (χ3v) is 6.75. The largest absolute Gasteiger partial charge is 0.497 e. The second-order valence-corrected chi connectivity index (χ2v) is 9.06. The summed E-state index contributed by atoms with van der Waals surface area (Å²) < 4.78 is 12.6. The molecule has 0 atom stereocenters. The van der Waals surface area contributed by atoms with Crippen LogP contribution in [0.25, 0.3) is 17.1 Å². The predicted octanol–water partition coefficient (Wildman–Crippen LogP) is 3.65. The average molecular weight is 482 g/mol. The Balaban J connectivity index is 1.48. The Morgan fingerprint density at radius 1 is 1.00 bits per heavy atom. The maximum Gasteiger partial charge on any atom is 0.230 e. The highest BCUT2D eigenvalue weighted by Crippen LogP contribution is 2.30. The van der Waals surface area contributed by atoms with Crippen molar-refractivity contribution >= 4 is 17.7 Å². The Hall–Kier alpha value is -3.04. The quantitative estimate of drug-likeness (QED) is 0.443. The molecule has 0 spiro atoms. The predicted molar refractivity (Wildman–Crippen MR) is 134 cm³/mol. The minimum atomic E-state index is -0.00535. The monoisotopic (exact) mass is 481 g/mol. The van der Waals surface area contributed by atoms with Crippen molar-refractivity contribution < 1.29 is 14.3 Å². The van der Waals surface area contributed by atoms with Crippen molar-refractivity contribution in [3.8, 4) is 28.6 Å². The van der Waals surface area contributed by atoms with Crippen LogP contribution >= 0.6 is 11.8 Å². The first-order valence-corrected chi connectivity index (χ1v) is 12.5. The van der Waals surface area contributed by atoms with E-state index in [2.05, 4.69) is 20.4 Å². The van der Waals surface area contributed by atoms with E-state index in [-0.39, 0.29) is 11.7 Å². The molecule has 0 aliphatic carbocycles. The molecule has 3 aromatic rings. The van der Waals surface area contributed by atoms with Gasteiger partial charge in [0, 0.05) is 24.3 Å². The maximum absolute atomic E-state index is 12.5. The van der Waals surface area contributed by atoms with E-state index in [0.29, 0.717) is 17.5 Å². The topological polar surface area (TPSA) is 81.5 Å². The fraction of sp³-hybridized carbons (Fsp3) is 0.400. The number of thioether (sulfide) groups is 1. The fourth-order valence-corrected chi connectivity index (χ4v) is 4.78. The normalized spacial score (nSPS) is 14.1. The Kier molecular flexibility index (Phi) is 8.43. The number of likely N-dealkylation sites (tertiary alicyclic amines) is 1. The van der Waals surface area contributed by atoms with Crippen LogP contribution in [0.1, 0.15) is 19.3 Å². The van der Waals surface area contributed by atoms with E-state index in [0.717, 1.165) is 42.4 Å². The first-order chi connectivity index (χ1) is 16.7. The molecule has 0 radical (unpaired) electrons. The summed E-state index contributed by atoms with van der Waals surface area (Å²) in [4.78, 5) is 14.9. The number of nitrogens with zero attached hydrogens (tertiary/aromatic N) is 4. The molecule has 1 fully saturated rings. The van der Waals surface area contributed by atoms with Crippen LogP contribution in [0, 0.1) is 0 Å². The number of hydrogen-bond donors (Lipinski definition) is 1. The van der Waals surface area contributed by atoms with Gasteiger partial charge in [0.2, 0.25) is 5.91 Å². The van der Waals surface area contributed by atoms with E-state index in [4.69, 9.17) is 9.47 Å². The van der Waals surface area contributed by atoms with Crippen LogP contribution in [0.4, 0.5) is 0 Å². The van der Waals surface area contributed by atoms with E-state index in [1.165, 1.54) is 31.0 Å². The molecule has 1 aromatic heterocycles. The second kappa shape index (κ2) is 11.9. The first kappa shape index (κ1) is 24.1. The van der Waals surface area contributed by atoms with Crippen molar-refractivity contribution in [3.63, 3.8) is 0 Å². The number of benzene rings is 2. The van der Waals surface area contributed by atoms with Gasteiger partial charge in [-0.15, -0.1) is 10.2 Å². The van der Waals surface area contributed by atoms with Gasteiger partial charge in [-0.1, -0.05) is 30.3 Å².